The maximum Gasteiger partial charge on any atom is 0.310 e. The molecular formula is C15H17NO3. The van der Waals surface area contributed by atoms with E-state index in [1.165, 1.54) is 0 Å². The molecule has 1 fully saturated rings. The average Bonchev–Trinajstić information content (AvgIpc) is 2.83. The molecule has 0 saturated carbocycles. The van der Waals surface area contributed by atoms with Crippen molar-refractivity contribution in [2.45, 2.75) is 19.3 Å². The lowest BCUT2D eigenvalue weighted by Crippen LogP contribution is -2.39. The molecule has 1 aliphatic heterocycles. The van der Waals surface area contributed by atoms with Gasteiger partial charge in [0.2, 0.25) is 0 Å². The number of ether oxygens (including phenoxy) is 1. The van der Waals surface area contributed by atoms with E-state index < -0.39 is 11.4 Å². The lowest BCUT2D eigenvalue weighted by atomic mass is 9.75. The Morgan fingerprint density at radius 2 is 2.05 bits per heavy atom. The first kappa shape index (κ1) is 12.2. The van der Waals surface area contributed by atoms with Gasteiger partial charge in [-0.05, 0) is 30.9 Å². The van der Waals surface area contributed by atoms with Gasteiger partial charge in [0.1, 0.15) is 0 Å². The fraction of sp³-hybridized carbons (Fsp3) is 0.400. The minimum atomic E-state index is -0.707. The predicted molar refractivity (Wildman–Crippen MR) is 72.1 cm³/mol. The smallest absolute Gasteiger partial charge is 0.310 e. The average molecular weight is 259 g/mol. The van der Waals surface area contributed by atoms with Gasteiger partial charge in [-0.15, -0.1) is 0 Å². The van der Waals surface area contributed by atoms with Crippen LogP contribution >= 0.6 is 0 Å². The van der Waals surface area contributed by atoms with Gasteiger partial charge in [-0.1, -0.05) is 18.2 Å². The fourth-order valence-electron chi connectivity index (χ4n) is 2.87. The van der Waals surface area contributed by atoms with Crippen LogP contribution in [0.3, 0.4) is 0 Å². The van der Waals surface area contributed by atoms with Crippen molar-refractivity contribution in [2.24, 2.45) is 5.41 Å². The molecule has 1 aliphatic rings. The van der Waals surface area contributed by atoms with Crippen LogP contribution in [0.4, 0.5) is 0 Å². The van der Waals surface area contributed by atoms with Crippen LogP contribution in [-0.2, 0) is 16.0 Å². The standard InChI is InChI=1S/C15H17NO3/c17-14(18)15(5-7-19-8-6-15)9-11-10-16-13-4-2-1-3-12(11)13/h1-4,10,16H,5-9H2,(H,17,18). The van der Waals surface area contributed by atoms with Crippen molar-refractivity contribution in [3.63, 3.8) is 0 Å². The highest BCUT2D eigenvalue weighted by Crippen LogP contribution is 2.36. The number of carboxylic acid groups (broad SMARTS) is 1. The van der Waals surface area contributed by atoms with E-state index in [9.17, 15) is 9.90 Å². The quantitative estimate of drug-likeness (QED) is 0.890. The Kier molecular flexibility index (Phi) is 3.03. The van der Waals surface area contributed by atoms with Crippen LogP contribution in [0.15, 0.2) is 30.5 Å². The summed E-state index contributed by atoms with van der Waals surface area (Å²) >= 11 is 0. The number of nitrogens with one attached hydrogen (secondary N) is 1. The monoisotopic (exact) mass is 259 g/mol. The van der Waals surface area contributed by atoms with Gasteiger partial charge < -0.3 is 14.8 Å². The minimum Gasteiger partial charge on any atom is -0.481 e. The van der Waals surface area contributed by atoms with E-state index in [0.29, 0.717) is 32.5 Å². The molecule has 2 N–H and O–H groups in total. The van der Waals surface area contributed by atoms with E-state index in [2.05, 4.69) is 4.98 Å². The molecule has 0 unspecified atom stereocenters. The Bertz CT molecular complexity index is 596. The molecule has 1 aromatic heterocycles. The third-order valence-corrected chi connectivity index (χ3v) is 4.11. The maximum absolute atomic E-state index is 11.7. The summed E-state index contributed by atoms with van der Waals surface area (Å²) in [6, 6.07) is 8.01. The summed E-state index contributed by atoms with van der Waals surface area (Å²) in [7, 11) is 0. The number of hydrogen-bond donors (Lipinski definition) is 2. The van der Waals surface area contributed by atoms with Gasteiger partial charge in [0.05, 0.1) is 5.41 Å². The summed E-state index contributed by atoms with van der Waals surface area (Å²) in [6.07, 6.45) is 3.67. The van der Waals surface area contributed by atoms with Crippen molar-refractivity contribution < 1.29 is 14.6 Å². The summed E-state index contributed by atoms with van der Waals surface area (Å²) in [5, 5.41) is 10.7. The van der Waals surface area contributed by atoms with Crippen molar-refractivity contribution >= 4 is 16.9 Å². The van der Waals surface area contributed by atoms with E-state index in [1.807, 2.05) is 30.5 Å². The van der Waals surface area contributed by atoms with Crippen LogP contribution in [0.1, 0.15) is 18.4 Å². The van der Waals surface area contributed by atoms with Crippen molar-refractivity contribution in [1.82, 2.24) is 4.98 Å². The summed E-state index contributed by atoms with van der Waals surface area (Å²) in [6.45, 7) is 1.07. The van der Waals surface area contributed by atoms with Gasteiger partial charge in [0.25, 0.3) is 0 Å². The second-order valence-corrected chi connectivity index (χ2v) is 5.23. The topological polar surface area (TPSA) is 62.3 Å². The minimum absolute atomic E-state index is 0.536. The third kappa shape index (κ3) is 2.12. The number of aromatic nitrogens is 1. The highest BCUT2D eigenvalue weighted by molar-refractivity contribution is 5.84. The second kappa shape index (κ2) is 4.70. The zero-order valence-corrected chi connectivity index (χ0v) is 10.7. The van der Waals surface area contributed by atoms with Crippen molar-refractivity contribution in [3.05, 3.63) is 36.0 Å². The Balaban J connectivity index is 1.96. The third-order valence-electron chi connectivity index (χ3n) is 4.11. The van der Waals surface area contributed by atoms with Gasteiger partial charge in [0, 0.05) is 30.3 Å². The molecule has 0 amide bonds. The van der Waals surface area contributed by atoms with E-state index in [-0.39, 0.29) is 0 Å². The fourth-order valence-corrected chi connectivity index (χ4v) is 2.87. The largest absolute Gasteiger partial charge is 0.481 e. The normalized spacial score (nSPS) is 18.5. The first-order valence-corrected chi connectivity index (χ1v) is 6.57. The first-order valence-electron chi connectivity index (χ1n) is 6.57. The van der Waals surface area contributed by atoms with Crippen molar-refractivity contribution in [3.8, 4) is 0 Å². The zero-order chi connectivity index (χ0) is 13.3. The molecule has 1 aromatic carbocycles. The number of hydrogen-bond acceptors (Lipinski definition) is 2. The Hall–Kier alpha value is -1.81. The van der Waals surface area contributed by atoms with Crippen LogP contribution in [0.2, 0.25) is 0 Å². The van der Waals surface area contributed by atoms with Crippen LogP contribution in [-0.4, -0.2) is 29.3 Å². The van der Waals surface area contributed by atoms with Crippen LogP contribution in [0.5, 0.6) is 0 Å². The summed E-state index contributed by atoms with van der Waals surface area (Å²) < 4.78 is 5.31. The summed E-state index contributed by atoms with van der Waals surface area (Å²) in [4.78, 5) is 14.9. The molecule has 2 aromatic rings. The highest BCUT2D eigenvalue weighted by Gasteiger charge is 2.40. The zero-order valence-electron chi connectivity index (χ0n) is 10.7. The van der Waals surface area contributed by atoms with Crippen LogP contribution < -0.4 is 0 Å². The summed E-state index contributed by atoms with van der Waals surface area (Å²) in [5.74, 6) is -0.707. The number of aliphatic carboxylic acids is 1. The second-order valence-electron chi connectivity index (χ2n) is 5.23. The van der Waals surface area contributed by atoms with Gasteiger partial charge in [-0.25, -0.2) is 0 Å². The van der Waals surface area contributed by atoms with Gasteiger partial charge in [-0.2, -0.15) is 0 Å². The number of carboxylic acids is 1. The SMILES string of the molecule is O=C(O)C1(Cc2c[nH]c3ccccc23)CCOCC1. The molecule has 2 heterocycles. The number of aromatic amines is 1. The lowest BCUT2D eigenvalue weighted by molar-refractivity contribution is -0.154. The molecule has 1 saturated heterocycles. The number of para-hydroxylation sites is 1. The number of H-pyrrole nitrogens is 1. The van der Waals surface area contributed by atoms with E-state index in [4.69, 9.17) is 4.74 Å². The highest BCUT2D eigenvalue weighted by atomic mass is 16.5. The van der Waals surface area contributed by atoms with Gasteiger partial charge in [-0.3, -0.25) is 4.79 Å². The molecule has 3 rings (SSSR count). The molecule has 0 atom stereocenters. The molecule has 0 aliphatic carbocycles. The molecule has 0 bridgehead atoms. The summed E-state index contributed by atoms with van der Waals surface area (Å²) in [5.41, 5.74) is 1.47. The molecule has 0 spiro atoms. The van der Waals surface area contributed by atoms with E-state index in [1.54, 1.807) is 0 Å². The molecule has 19 heavy (non-hydrogen) atoms. The Labute approximate surface area is 111 Å². The maximum atomic E-state index is 11.7. The number of fused-ring (bicyclic) bond motifs is 1. The lowest BCUT2D eigenvalue weighted by Gasteiger charge is -2.33. The molecule has 0 radical (unpaired) electrons. The van der Waals surface area contributed by atoms with Crippen LogP contribution in [0, 0.1) is 5.41 Å². The molecule has 100 valence electrons. The number of benzene rings is 1. The van der Waals surface area contributed by atoms with Crippen molar-refractivity contribution in [2.75, 3.05) is 13.2 Å². The molecule has 4 heteroatoms. The van der Waals surface area contributed by atoms with E-state index >= 15 is 0 Å². The first-order chi connectivity index (χ1) is 9.21. The van der Waals surface area contributed by atoms with Gasteiger partial charge in [0.15, 0.2) is 0 Å². The number of rotatable bonds is 3. The predicted octanol–water partition coefficient (Wildman–Crippen LogP) is 2.59. The molecule has 4 nitrogen and oxygen atoms in total. The van der Waals surface area contributed by atoms with Crippen LogP contribution in [0.25, 0.3) is 10.9 Å². The Morgan fingerprint density at radius 1 is 1.32 bits per heavy atom. The van der Waals surface area contributed by atoms with Gasteiger partial charge >= 0.3 is 5.97 Å². The van der Waals surface area contributed by atoms with Crippen molar-refractivity contribution in [1.29, 1.82) is 0 Å². The number of carbonyl (C=O) groups is 1. The Morgan fingerprint density at radius 3 is 2.79 bits per heavy atom. The molecular weight excluding hydrogens is 242 g/mol. The van der Waals surface area contributed by atoms with E-state index in [0.717, 1.165) is 16.5 Å².